The van der Waals surface area contributed by atoms with Gasteiger partial charge in [-0.2, -0.15) is 0 Å². The molecule has 1 aliphatic rings. The van der Waals surface area contributed by atoms with Crippen LogP contribution in [0.4, 0.5) is 0 Å². The SMILES string of the molecule is O=C(c1cc(Br)c[nH]1)N1CCC[C@H]1c1nc2ccccc2[nH]1. The van der Waals surface area contributed by atoms with Gasteiger partial charge in [0.25, 0.3) is 5.91 Å². The molecule has 1 aliphatic heterocycles. The van der Waals surface area contributed by atoms with Crippen LogP contribution in [-0.4, -0.2) is 32.3 Å². The van der Waals surface area contributed by atoms with Crippen molar-refractivity contribution in [2.24, 2.45) is 0 Å². The molecular formula is C16H15BrN4O. The second-order valence-corrected chi connectivity index (χ2v) is 6.44. The number of carbonyl (C=O) groups excluding carboxylic acids is 1. The summed E-state index contributed by atoms with van der Waals surface area (Å²) in [6.07, 6.45) is 3.71. The van der Waals surface area contributed by atoms with Crippen LogP contribution in [0.1, 0.15) is 35.2 Å². The zero-order valence-electron chi connectivity index (χ0n) is 11.8. The quantitative estimate of drug-likeness (QED) is 0.734. The second kappa shape index (κ2) is 5.28. The smallest absolute Gasteiger partial charge is 0.270 e. The zero-order chi connectivity index (χ0) is 15.1. The summed E-state index contributed by atoms with van der Waals surface area (Å²) in [6.45, 7) is 0.761. The number of benzene rings is 1. The maximum Gasteiger partial charge on any atom is 0.270 e. The summed E-state index contributed by atoms with van der Waals surface area (Å²) >= 11 is 3.37. The highest BCUT2D eigenvalue weighted by Gasteiger charge is 2.33. The van der Waals surface area contributed by atoms with Gasteiger partial charge in [-0.15, -0.1) is 0 Å². The van der Waals surface area contributed by atoms with Crippen molar-refractivity contribution in [3.8, 4) is 0 Å². The molecule has 1 saturated heterocycles. The van der Waals surface area contributed by atoms with E-state index in [1.165, 1.54) is 0 Å². The van der Waals surface area contributed by atoms with Crippen LogP contribution in [0.2, 0.25) is 0 Å². The number of imidazole rings is 1. The number of halogens is 1. The molecule has 0 saturated carbocycles. The molecule has 1 amide bonds. The van der Waals surface area contributed by atoms with Gasteiger partial charge in [-0.25, -0.2) is 4.98 Å². The fourth-order valence-electron chi connectivity index (χ4n) is 3.07. The maximum absolute atomic E-state index is 12.7. The number of hydrogen-bond acceptors (Lipinski definition) is 2. The van der Waals surface area contributed by atoms with Crippen LogP contribution in [0, 0.1) is 0 Å². The van der Waals surface area contributed by atoms with Crippen molar-refractivity contribution in [1.82, 2.24) is 19.9 Å². The summed E-state index contributed by atoms with van der Waals surface area (Å²) in [4.78, 5) is 25.6. The molecule has 112 valence electrons. The lowest BCUT2D eigenvalue weighted by Crippen LogP contribution is -2.31. The van der Waals surface area contributed by atoms with E-state index in [2.05, 4.69) is 30.9 Å². The molecule has 5 nitrogen and oxygen atoms in total. The molecule has 0 spiro atoms. The fourth-order valence-corrected chi connectivity index (χ4v) is 3.41. The molecule has 0 unspecified atom stereocenters. The highest BCUT2D eigenvalue weighted by molar-refractivity contribution is 9.10. The maximum atomic E-state index is 12.7. The van der Waals surface area contributed by atoms with E-state index < -0.39 is 0 Å². The molecule has 3 aromatic rings. The first-order valence-corrected chi connectivity index (χ1v) is 8.11. The monoisotopic (exact) mass is 358 g/mol. The third kappa shape index (κ3) is 2.23. The number of amides is 1. The van der Waals surface area contributed by atoms with Crippen LogP contribution in [-0.2, 0) is 0 Å². The molecule has 2 aromatic heterocycles. The highest BCUT2D eigenvalue weighted by Crippen LogP contribution is 2.32. The van der Waals surface area contributed by atoms with Crippen LogP contribution >= 0.6 is 15.9 Å². The van der Waals surface area contributed by atoms with E-state index in [1.807, 2.05) is 35.2 Å². The van der Waals surface area contributed by atoms with Gasteiger partial charge >= 0.3 is 0 Å². The molecule has 22 heavy (non-hydrogen) atoms. The van der Waals surface area contributed by atoms with Gasteiger partial charge in [0.2, 0.25) is 0 Å². The largest absolute Gasteiger partial charge is 0.356 e. The minimum Gasteiger partial charge on any atom is -0.356 e. The summed E-state index contributed by atoms with van der Waals surface area (Å²) in [5, 5.41) is 0. The second-order valence-electron chi connectivity index (χ2n) is 5.53. The number of aromatic amines is 2. The molecule has 0 aliphatic carbocycles. The van der Waals surface area contributed by atoms with Gasteiger partial charge in [0, 0.05) is 17.2 Å². The van der Waals surface area contributed by atoms with E-state index in [-0.39, 0.29) is 11.9 Å². The molecule has 0 radical (unpaired) electrons. The molecule has 2 N–H and O–H groups in total. The van der Waals surface area contributed by atoms with Crippen LogP contribution < -0.4 is 0 Å². The summed E-state index contributed by atoms with van der Waals surface area (Å²) in [5.74, 6) is 0.895. The van der Waals surface area contributed by atoms with E-state index in [0.29, 0.717) is 5.69 Å². The number of carbonyl (C=O) groups is 1. The lowest BCUT2D eigenvalue weighted by atomic mass is 10.2. The van der Waals surface area contributed by atoms with Crippen molar-refractivity contribution in [3.63, 3.8) is 0 Å². The molecule has 1 aromatic carbocycles. The number of nitrogens with zero attached hydrogens (tertiary/aromatic N) is 2. The number of hydrogen-bond donors (Lipinski definition) is 2. The molecule has 4 rings (SSSR count). The fraction of sp³-hybridized carbons (Fsp3) is 0.250. The summed E-state index contributed by atoms with van der Waals surface area (Å²) < 4.78 is 0.885. The molecular weight excluding hydrogens is 344 g/mol. The Hall–Kier alpha value is -2.08. The predicted octanol–water partition coefficient (Wildman–Crippen LogP) is 3.63. The van der Waals surface area contributed by atoms with Gasteiger partial charge in [0.05, 0.1) is 17.1 Å². The molecule has 1 atom stereocenters. The minimum absolute atomic E-state index is 0.0157. The van der Waals surface area contributed by atoms with Crippen molar-refractivity contribution < 1.29 is 4.79 Å². The van der Waals surface area contributed by atoms with Crippen molar-refractivity contribution in [1.29, 1.82) is 0 Å². The van der Waals surface area contributed by atoms with E-state index in [0.717, 1.165) is 40.7 Å². The van der Waals surface area contributed by atoms with Crippen LogP contribution in [0.25, 0.3) is 11.0 Å². The van der Waals surface area contributed by atoms with Gasteiger partial charge in [-0.3, -0.25) is 4.79 Å². The Morgan fingerprint density at radius 2 is 2.23 bits per heavy atom. The van der Waals surface area contributed by atoms with Crippen LogP contribution in [0.5, 0.6) is 0 Å². The average Bonchev–Trinajstić information content (AvgIpc) is 3.24. The molecule has 1 fully saturated rings. The van der Waals surface area contributed by atoms with Gasteiger partial charge in [0.15, 0.2) is 0 Å². The first-order chi connectivity index (χ1) is 10.7. The Morgan fingerprint density at radius 1 is 1.36 bits per heavy atom. The Kier molecular flexibility index (Phi) is 3.26. The van der Waals surface area contributed by atoms with E-state index >= 15 is 0 Å². The molecule has 6 heteroatoms. The average molecular weight is 359 g/mol. The third-order valence-corrected chi connectivity index (χ3v) is 4.57. The standard InChI is InChI=1S/C16H15BrN4O/c17-10-8-13(18-9-10)16(22)21-7-3-6-14(21)15-19-11-4-1-2-5-12(11)20-15/h1-2,4-5,8-9,14,18H,3,6-7H2,(H,19,20)/t14-/m0/s1. The van der Waals surface area contributed by atoms with Crippen molar-refractivity contribution >= 4 is 32.9 Å². The number of fused-ring (bicyclic) bond motifs is 1. The minimum atomic E-state index is 0.0157. The van der Waals surface area contributed by atoms with Crippen LogP contribution in [0.3, 0.4) is 0 Å². The number of rotatable bonds is 2. The normalized spacial score (nSPS) is 18.2. The summed E-state index contributed by atoms with van der Waals surface area (Å²) in [5.41, 5.74) is 2.56. The predicted molar refractivity (Wildman–Crippen MR) is 87.6 cm³/mol. The summed E-state index contributed by atoms with van der Waals surface area (Å²) in [6, 6.07) is 9.78. The number of aromatic nitrogens is 3. The molecule has 3 heterocycles. The lowest BCUT2D eigenvalue weighted by molar-refractivity contribution is 0.0725. The van der Waals surface area contributed by atoms with Gasteiger partial charge in [0.1, 0.15) is 11.5 Å². The number of likely N-dealkylation sites (tertiary alicyclic amines) is 1. The Labute approximate surface area is 135 Å². The first kappa shape index (κ1) is 13.6. The third-order valence-electron chi connectivity index (χ3n) is 4.12. The van der Waals surface area contributed by atoms with Crippen molar-refractivity contribution in [2.75, 3.05) is 6.54 Å². The van der Waals surface area contributed by atoms with Gasteiger partial charge in [-0.05, 0) is 47.0 Å². The zero-order valence-corrected chi connectivity index (χ0v) is 13.4. The topological polar surface area (TPSA) is 64.8 Å². The van der Waals surface area contributed by atoms with E-state index in [1.54, 1.807) is 6.20 Å². The highest BCUT2D eigenvalue weighted by atomic mass is 79.9. The van der Waals surface area contributed by atoms with Gasteiger partial charge < -0.3 is 14.9 Å². The Bertz CT molecular complexity index is 804. The van der Waals surface area contributed by atoms with Crippen LogP contribution in [0.15, 0.2) is 41.0 Å². The number of nitrogens with one attached hydrogen (secondary N) is 2. The van der Waals surface area contributed by atoms with Crippen molar-refractivity contribution in [2.45, 2.75) is 18.9 Å². The number of H-pyrrole nitrogens is 2. The van der Waals surface area contributed by atoms with E-state index in [9.17, 15) is 4.79 Å². The van der Waals surface area contributed by atoms with E-state index in [4.69, 9.17) is 0 Å². The Morgan fingerprint density at radius 3 is 3.00 bits per heavy atom. The van der Waals surface area contributed by atoms with Gasteiger partial charge in [-0.1, -0.05) is 12.1 Å². The number of para-hydroxylation sites is 2. The first-order valence-electron chi connectivity index (χ1n) is 7.32. The lowest BCUT2D eigenvalue weighted by Gasteiger charge is -2.22. The van der Waals surface area contributed by atoms with Crippen molar-refractivity contribution in [3.05, 3.63) is 52.5 Å². The Balaban J connectivity index is 1.67. The summed E-state index contributed by atoms with van der Waals surface area (Å²) in [7, 11) is 0. The molecule has 0 bridgehead atoms.